The number of fused-ring (bicyclic) bond motifs is 1. The summed E-state index contributed by atoms with van der Waals surface area (Å²) >= 11 is 1.67. The molecule has 1 aliphatic rings. The van der Waals surface area contributed by atoms with E-state index in [9.17, 15) is 9.59 Å². The van der Waals surface area contributed by atoms with E-state index < -0.39 is 0 Å². The predicted octanol–water partition coefficient (Wildman–Crippen LogP) is 4.14. The van der Waals surface area contributed by atoms with Gasteiger partial charge in [0, 0.05) is 30.9 Å². The van der Waals surface area contributed by atoms with Crippen molar-refractivity contribution in [3.05, 3.63) is 59.0 Å². The van der Waals surface area contributed by atoms with Gasteiger partial charge in [0.15, 0.2) is 0 Å². The van der Waals surface area contributed by atoms with Crippen LogP contribution in [-0.4, -0.2) is 55.0 Å². The van der Waals surface area contributed by atoms with Gasteiger partial charge < -0.3 is 19.9 Å². The molecule has 156 valence electrons. The van der Waals surface area contributed by atoms with Crippen LogP contribution in [0.1, 0.15) is 11.1 Å². The first-order chi connectivity index (χ1) is 14.5. The average Bonchev–Trinajstić information content (AvgIpc) is 3.17. The molecule has 1 N–H and O–H groups in total. The molecule has 2 aromatic carbocycles. The number of nitrogens with zero attached hydrogens (tertiary/aromatic N) is 2. The second-order valence-electron chi connectivity index (χ2n) is 7.44. The molecule has 1 fully saturated rings. The highest BCUT2D eigenvalue weighted by atomic mass is 32.1. The van der Waals surface area contributed by atoms with Gasteiger partial charge in [-0.1, -0.05) is 24.3 Å². The van der Waals surface area contributed by atoms with Gasteiger partial charge in [0.2, 0.25) is 5.91 Å². The van der Waals surface area contributed by atoms with Crippen LogP contribution in [0.15, 0.2) is 47.8 Å². The summed E-state index contributed by atoms with van der Waals surface area (Å²) < 4.78 is 6.53. The number of hydrogen-bond donors (Lipinski definition) is 1. The van der Waals surface area contributed by atoms with Crippen molar-refractivity contribution in [3.8, 4) is 5.75 Å². The lowest BCUT2D eigenvalue weighted by molar-refractivity contribution is -0.131. The molecule has 0 unspecified atom stereocenters. The number of urea groups is 1. The number of piperazine rings is 1. The van der Waals surface area contributed by atoms with Gasteiger partial charge in [-0.25, -0.2) is 4.79 Å². The third-order valence-electron chi connectivity index (χ3n) is 5.42. The zero-order chi connectivity index (χ0) is 21.1. The van der Waals surface area contributed by atoms with Crippen molar-refractivity contribution in [1.29, 1.82) is 0 Å². The predicted molar refractivity (Wildman–Crippen MR) is 120 cm³/mol. The number of aryl methyl sites for hydroxylation is 1. The number of thiophene rings is 1. The van der Waals surface area contributed by atoms with E-state index in [1.165, 1.54) is 4.70 Å². The minimum atomic E-state index is -0.171. The summed E-state index contributed by atoms with van der Waals surface area (Å²) in [6, 6.07) is 13.7. The Balaban J connectivity index is 1.34. The normalized spacial score (nSPS) is 14.1. The van der Waals surface area contributed by atoms with Crippen LogP contribution < -0.4 is 10.1 Å². The Morgan fingerprint density at radius 1 is 1.07 bits per heavy atom. The van der Waals surface area contributed by atoms with Crippen LogP contribution in [0.2, 0.25) is 0 Å². The number of rotatable bonds is 4. The first-order valence-electron chi connectivity index (χ1n) is 9.98. The molecule has 30 heavy (non-hydrogen) atoms. The quantitative estimate of drug-likeness (QED) is 0.686. The number of anilines is 1. The Morgan fingerprint density at radius 2 is 1.80 bits per heavy atom. The molecule has 6 nitrogen and oxygen atoms in total. The number of nitrogens with one attached hydrogen (secondary N) is 1. The van der Waals surface area contributed by atoms with Gasteiger partial charge in [0.25, 0.3) is 0 Å². The smallest absolute Gasteiger partial charge is 0.322 e. The SMILES string of the molecule is COc1ccc(C)cc1NC(=O)N1CCN(C(=O)Cc2csc3ccccc23)CC1. The van der Waals surface area contributed by atoms with Crippen molar-refractivity contribution in [2.45, 2.75) is 13.3 Å². The average molecular weight is 424 g/mol. The fourth-order valence-electron chi connectivity index (χ4n) is 3.72. The lowest BCUT2D eigenvalue weighted by Crippen LogP contribution is -2.52. The molecule has 3 aromatic rings. The third-order valence-corrected chi connectivity index (χ3v) is 6.43. The molecule has 2 heterocycles. The van der Waals surface area contributed by atoms with Crippen LogP contribution >= 0.6 is 11.3 Å². The molecule has 0 spiro atoms. The Kier molecular flexibility index (Phi) is 5.90. The van der Waals surface area contributed by atoms with Crippen LogP contribution in [0.25, 0.3) is 10.1 Å². The van der Waals surface area contributed by atoms with Crippen LogP contribution in [-0.2, 0) is 11.2 Å². The van der Waals surface area contributed by atoms with Gasteiger partial charge >= 0.3 is 6.03 Å². The molecule has 4 rings (SSSR count). The first-order valence-corrected chi connectivity index (χ1v) is 10.9. The molecule has 1 aliphatic heterocycles. The van der Waals surface area contributed by atoms with E-state index in [1.807, 2.05) is 42.2 Å². The van der Waals surface area contributed by atoms with E-state index in [2.05, 4.69) is 22.8 Å². The molecular weight excluding hydrogens is 398 g/mol. The number of carbonyl (C=O) groups excluding carboxylic acids is 2. The summed E-state index contributed by atoms with van der Waals surface area (Å²) in [5.74, 6) is 0.740. The zero-order valence-corrected chi connectivity index (χ0v) is 18.0. The number of carbonyl (C=O) groups is 2. The lowest BCUT2D eigenvalue weighted by atomic mass is 10.1. The standard InChI is InChI=1S/C23H25N3O3S/c1-16-7-8-20(29-2)19(13-16)24-23(28)26-11-9-25(10-12-26)22(27)14-17-15-30-21-6-4-3-5-18(17)21/h3-8,13,15H,9-12,14H2,1-2H3,(H,24,28). The van der Waals surface area contributed by atoms with Crippen molar-refractivity contribution >= 4 is 39.0 Å². The summed E-state index contributed by atoms with van der Waals surface area (Å²) in [6.45, 7) is 4.07. The second-order valence-corrected chi connectivity index (χ2v) is 8.35. The van der Waals surface area contributed by atoms with E-state index in [0.29, 0.717) is 44.0 Å². The monoisotopic (exact) mass is 423 g/mol. The van der Waals surface area contributed by atoms with Crippen molar-refractivity contribution < 1.29 is 14.3 Å². The molecule has 0 bridgehead atoms. The summed E-state index contributed by atoms with van der Waals surface area (Å²) in [5.41, 5.74) is 2.78. The fraction of sp³-hybridized carbons (Fsp3) is 0.304. The minimum Gasteiger partial charge on any atom is -0.495 e. The maximum atomic E-state index is 12.8. The van der Waals surface area contributed by atoms with Gasteiger partial charge in [0.1, 0.15) is 5.75 Å². The van der Waals surface area contributed by atoms with Crippen molar-refractivity contribution in [1.82, 2.24) is 9.80 Å². The van der Waals surface area contributed by atoms with Gasteiger partial charge in [0.05, 0.1) is 19.2 Å². The third kappa shape index (κ3) is 4.26. The highest BCUT2D eigenvalue weighted by molar-refractivity contribution is 7.17. The van der Waals surface area contributed by atoms with E-state index >= 15 is 0 Å². The molecule has 0 saturated carbocycles. The van der Waals surface area contributed by atoms with Crippen LogP contribution in [0, 0.1) is 6.92 Å². The van der Waals surface area contributed by atoms with Gasteiger partial charge in [-0.2, -0.15) is 0 Å². The Labute approximate surface area is 180 Å². The summed E-state index contributed by atoms with van der Waals surface area (Å²) in [4.78, 5) is 29.1. The second kappa shape index (κ2) is 8.75. The maximum Gasteiger partial charge on any atom is 0.322 e. The maximum absolute atomic E-state index is 12.8. The minimum absolute atomic E-state index is 0.110. The van der Waals surface area contributed by atoms with Crippen LogP contribution in [0.4, 0.5) is 10.5 Å². The molecule has 1 aromatic heterocycles. The van der Waals surface area contributed by atoms with Gasteiger partial charge in [-0.3, -0.25) is 4.79 Å². The van der Waals surface area contributed by atoms with Gasteiger partial charge in [-0.15, -0.1) is 11.3 Å². The van der Waals surface area contributed by atoms with E-state index in [0.717, 1.165) is 16.5 Å². The Bertz CT molecular complexity index is 1070. The fourth-order valence-corrected chi connectivity index (χ4v) is 4.68. The summed E-state index contributed by atoms with van der Waals surface area (Å²) in [5, 5.41) is 6.16. The first kappa shape index (κ1) is 20.2. The Hall–Kier alpha value is -3.06. The number of amides is 3. The Morgan fingerprint density at radius 3 is 2.57 bits per heavy atom. The number of ether oxygens (including phenoxy) is 1. The van der Waals surface area contributed by atoms with Crippen molar-refractivity contribution in [2.24, 2.45) is 0 Å². The van der Waals surface area contributed by atoms with Crippen molar-refractivity contribution in [3.63, 3.8) is 0 Å². The molecular formula is C23H25N3O3S. The molecule has 1 saturated heterocycles. The molecule has 3 amide bonds. The van der Waals surface area contributed by atoms with E-state index in [1.54, 1.807) is 23.3 Å². The number of hydrogen-bond acceptors (Lipinski definition) is 4. The van der Waals surface area contributed by atoms with E-state index in [4.69, 9.17) is 4.74 Å². The largest absolute Gasteiger partial charge is 0.495 e. The molecule has 7 heteroatoms. The highest BCUT2D eigenvalue weighted by Crippen LogP contribution is 2.27. The number of benzene rings is 2. The lowest BCUT2D eigenvalue weighted by Gasteiger charge is -2.34. The molecule has 0 radical (unpaired) electrons. The summed E-state index contributed by atoms with van der Waals surface area (Å²) in [7, 11) is 1.58. The van der Waals surface area contributed by atoms with Crippen LogP contribution in [0.3, 0.4) is 0 Å². The summed E-state index contributed by atoms with van der Waals surface area (Å²) in [6.07, 6.45) is 0.400. The van der Waals surface area contributed by atoms with Gasteiger partial charge in [-0.05, 0) is 47.0 Å². The van der Waals surface area contributed by atoms with Crippen molar-refractivity contribution in [2.75, 3.05) is 38.6 Å². The molecule has 0 atom stereocenters. The van der Waals surface area contributed by atoms with E-state index in [-0.39, 0.29) is 11.9 Å². The zero-order valence-electron chi connectivity index (χ0n) is 17.2. The van der Waals surface area contributed by atoms with Crippen LogP contribution in [0.5, 0.6) is 5.75 Å². The highest BCUT2D eigenvalue weighted by Gasteiger charge is 2.25. The number of methoxy groups -OCH3 is 1. The topological polar surface area (TPSA) is 61.9 Å². The molecule has 0 aliphatic carbocycles.